The van der Waals surface area contributed by atoms with Gasteiger partial charge in [0.1, 0.15) is 5.88 Å². The minimum absolute atomic E-state index is 0.0313. The Morgan fingerprint density at radius 3 is 2.62 bits per heavy atom. The maximum Gasteiger partial charge on any atom is 0.237 e. The van der Waals surface area contributed by atoms with Crippen LogP contribution in [-0.4, -0.2) is 42.0 Å². The molecule has 1 saturated heterocycles. The summed E-state index contributed by atoms with van der Waals surface area (Å²) in [6.07, 6.45) is 1.26. The summed E-state index contributed by atoms with van der Waals surface area (Å²) in [5.74, 6) is 0.0184. The van der Waals surface area contributed by atoms with Crippen molar-refractivity contribution in [2.75, 3.05) is 12.9 Å². The van der Waals surface area contributed by atoms with Crippen molar-refractivity contribution >= 4 is 17.5 Å². The molecular weight excluding hydrogens is 190 g/mol. The van der Waals surface area contributed by atoms with Gasteiger partial charge in [-0.15, -0.1) is 11.6 Å². The number of nitrogens with zero attached hydrogens (tertiary/aromatic N) is 1. The Kier molecular flexibility index (Phi) is 3.56. The number of ether oxygens (including phenoxy) is 1. The third kappa shape index (κ3) is 2.35. The van der Waals surface area contributed by atoms with Gasteiger partial charge in [-0.3, -0.25) is 4.79 Å². The summed E-state index contributed by atoms with van der Waals surface area (Å²) in [5.41, 5.74) is 0. The number of alkyl halides is 1. The first-order chi connectivity index (χ1) is 6.06. The molecule has 0 aromatic rings. The minimum atomic E-state index is -0.0313. The van der Waals surface area contributed by atoms with Crippen LogP contribution in [0.3, 0.4) is 0 Å². The van der Waals surface area contributed by atoms with Crippen LogP contribution >= 0.6 is 11.6 Å². The smallest absolute Gasteiger partial charge is 0.237 e. The summed E-state index contributed by atoms with van der Waals surface area (Å²) in [5, 5.41) is 0. The summed E-state index contributed by atoms with van der Waals surface area (Å²) < 4.78 is 5.55. The lowest BCUT2D eigenvalue weighted by Crippen LogP contribution is -2.41. The first kappa shape index (κ1) is 10.8. The Morgan fingerprint density at radius 1 is 1.62 bits per heavy atom. The van der Waals surface area contributed by atoms with Crippen molar-refractivity contribution in [1.82, 2.24) is 4.90 Å². The second kappa shape index (κ2) is 4.29. The third-order valence-corrected chi connectivity index (χ3v) is 2.80. The van der Waals surface area contributed by atoms with E-state index in [-0.39, 0.29) is 30.0 Å². The second-order valence-corrected chi connectivity index (χ2v) is 3.86. The van der Waals surface area contributed by atoms with Crippen LogP contribution in [0.4, 0.5) is 0 Å². The van der Waals surface area contributed by atoms with Gasteiger partial charge < -0.3 is 9.64 Å². The van der Waals surface area contributed by atoms with Gasteiger partial charge in [-0.2, -0.15) is 0 Å². The average Bonchev–Trinajstić information content (AvgIpc) is 2.42. The molecule has 1 amide bonds. The van der Waals surface area contributed by atoms with Crippen LogP contribution in [0.1, 0.15) is 20.3 Å². The van der Waals surface area contributed by atoms with E-state index in [9.17, 15) is 4.79 Å². The maximum absolute atomic E-state index is 11.3. The van der Waals surface area contributed by atoms with Crippen LogP contribution in [0.5, 0.6) is 0 Å². The van der Waals surface area contributed by atoms with Crippen molar-refractivity contribution in [2.24, 2.45) is 0 Å². The molecule has 3 nitrogen and oxygen atoms in total. The highest BCUT2D eigenvalue weighted by molar-refractivity contribution is 6.27. The van der Waals surface area contributed by atoms with E-state index in [1.165, 1.54) is 0 Å². The third-order valence-electron chi connectivity index (χ3n) is 2.57. The van der Waals surface area contributed by atoms with Gasteiger partial charge in [-0.05, 0) is 20.3 Å². The summed E-state index contributed by atoms with van der Waals surface area (Å²) >= 11 is 5.48. The van der Waals surface area contributed by atoms with Crippen molar-refractivity contribution in [1.29, 1.82) is 0 Å². The first-order valence-corrected chi connectivity index (χ1v) is 5.06. The zero-order valence-electron chi connectivity index (χ0n) is 8.29. The van der Waals surface area contributed by atoms with Crippen LogP contribution in [0.25, 0.3) is 0 Å². The average molecular weight is 206 g/mol. The predicted molar refractivity (Wildman–Crippen MR) is 51.9 cm³/mol. The second-order valence-electron chi connectivity index (χ2n) is 3.59. The van der Waals surface area contributed by atoms with Gasteiger partial charge in [0.25, 0.3) is 0 Å². The SMILES string of the molecule is CC1CC(N(C)C(=O)CCl)C(C)O1. The van der Waals surface area contributed by atoms with Gasteiger partial charge in [0, 0.05) is 7.05 Å². The van der Waals surface area contributed by atoms with Crippen LogP contribution in [-0.2, 0) is 9.53 Å². The van der Waals surface area contributed by atoms with Gasteiger partial charge in [0.2, 0.25) is 5.91 Å². The quantitative estimate of drug-likeness (QED) is 0.635. The van der Waals surface area contributed by atoms with Crippen LogP contribution in [0, 0.1) is 0 Å². The molecule has 1 heterocycles. The number of halogens is 1. The molecule has 0 aromatic heterocycles. The van der Waals surface area contributed by atoms with E-state index in [1.54, 1.807) is 11.9 Å². The van der Waals surface area contributed by atoms with Crippen LogP contribution in [0.15, 0.2) is 0 Å². The molecule has 4 heteroatoms. The molecule has 3 atom stereocenters. The zero-order valence-corrected chi connectivity index (χ0v) is 9.04. The van der Waals surface area contributed by atoms with Gasteiger partial charge in [-0.25, -0.2) is 0 Å². The molecule has 13 heavy (non-hydrogen) atoms. The molecule has 0 saturated carbocycles. The Hall–Kier alpha value is -0.280. The number of rotatable bonds is 2. The van der Waals surface area contributed by atoms with Gasteiger partial charge >= 0.3 is 0 Å². The van der Waals surface area contributed by atoms with Crippen molar-refractivity contribution < 1.29 is 9.53 Å². The molecule has 0 aliphatic carbocycles. The molecule has 1 aliphatic heterocycles. The van der Waals surface area contributed by atoms with Gasteiger partial charge in [0.05, 0.1) is 18.2 Å². The molecule has 0 aromatic carbocycles. The van der Waals surface area contributed by atoms with E-state index < -0.39 is 0 Å². The van der Waals surface area contributed by atoms with Gasteiger partial charge in [0.15, 0.2) is 0 Å². The number of likely N-dealkylation sites (N-methyl/N-ethyl adjacent to an activating group) is 1. The fourth-order valence-electron chi connectivity index (χ4n) is 1.80. The Labute approximate surface area is 84.0 Å². The summed E-state index contributed by atoms with van der Waals surface area (Å²) in [7, 11) is 1.78. The molecule has 1 rings (SSSR count). The highest BCUT2D eigenvalue weighted by atomic mass is 35.5. The molecule has 1 fully saturated rings. The molecular formula is C9H16ClNO2. The standard InChI is InChI=1S/C9H16ClNO2/c1-6-4-8(7(2)13-6)11(3)9(12)5-10/h6-8H,4-5H2,1-3H3. The fraction of sp³-hybridized carbons (Fsp3) is 0.889. The molecule has 0 N–H and O–H groups in total. The Balaban J connectivity index is 2.56. The first-order valence-electron chi connectivity index (χ1n) is 4.53. The number of carbonyl (C=O) groups is 1. The highest BCUT2D eigenvalue weighted by Crippen LogP contribution is 2.23. The predicted octanol–water partition coefficient (Wildman–Crippen LogP) is 1.25. The van der Waals surface area contributed by atoms with Crippen molar-refractivity contribution in [3.63, 3.8) is 0 Å². The van der Waals surface area contributed by atoms with E-state index >= 15 is 0 Å². The van der Waals surface area contributed by atoms with Gasteiger partial charge in [-0.1, -0.05) is 0 Å². The Morgan fingerprint density at radius 2 is 2.23 bits per heavy atom. The summed E-state index contributed by atoms with van der Waals surface area (Å²) in [6.45, 7) is 4.02. The zero-order chi connectivity index (χ0) is 10.0. The topological polar surface area (TPSA) is 29.5 Å². The number of hydrogen-bond donors (Lipinski definition) is 0. The van der Waals surface area contributed by atoms with E-state index in [0.29, 0.717) is 0 Å². The largest absolute Gasteiger partial charge is 0.373 e. The molecule has 3 unspecified atom stereocenters. The minimum Gasteiger partial charge on any atom is -0.373 e. The molecule has 0 spiro atoms. The fourth-order valence-corrected chi connectivity index (χ4v) is 1.99. The van der Waals surface area contributed by atoms with Crippen LogP contribution in [0.2, 0.25) is 0 Å². The molecule has 1 aliphatic rings. The van der Waals surface area contributed by atoms with E-state index in [0.717, 1.165) is 6.42 Å². The lowest BCUT2D eigenvalue weighted by molar-refractivity contribution is -0.130. The summed E-state index contributed by atoms with van der Waals surface area (Å²) in [6, 6.07) is 0.182. The summed E-state index contributed by atoms with van der Waals surface area (Å²) in [4.78, 5) is 13.0. The Bertz CT molecular complexity index is 198. The molecule has 0 radical (unpaired) electrons. The lowest BCUT2D eigenvalue weighted by atomic mass is 10.1. The monoisotopic (exact) mass is 205 g/mol. The normalized spacial score (nSPS) is 33.4. The molecule has 76 valence electrons. The van der Waals surface area contributed by atoms with Crippen molar-refractivity contribution in [3.05, 3.63) is 0 Å². The van der Waals surface area contributed by atoms with E-state index in [1.807, 2.05) is 13.8 Å². The van der Waals surface area contributed by atoms with E-state index in [2.05, 4.69) is 0 Å². The van der Waals surface area contributed by atoms with Crippen LogP contribution < -0.4 is 0 Å². The van der Waals surface area contributed by atoms with Crippen molar-refractivity contribution in [3.8, 4) is 0 Å². The molecule has 0 bridgehead atoms. The highest BCUT2D eigenvalue weighted by Gasteiger charge is 2.34. The lowest BCUT2D eigenvalue weighted by Gasteiger charge is -2.25. The van der Waals surface area contributed by atoms with E-state index in [4.69, 9.17) is 16.3 Å². The number of amides is 1. The van der Waals surface area contributed by atoms with Crippen molar-refractivity contribution in [2.45, 2.75) is 38.5 Å². The maximum atomic E-state index is 11.3. The number of carbonyl (C=O) groups excluding carboxylic acids is 1. The number of hydrogen-bond acceptors (Lipinski definition) is 2.